The number of aromatic nitrogens is 2. The van der Waals surface area contributed by atoms with Crippen molar-refractivity contribution in [2.24, 2.45) is 5.16 Å². The van der Waals surface area contributed by atoms with Gasteiger partial charge in [-0.2, -0.15) is 0 Å². The number of carboxylic acid groups (broad SMARTS) is 1. The Hall–Kier alpha value is -2.74. The van der Waals surface area contributed by atoms with E-state index < -0.39 is 5.97 Å². The van der Waals surface area contributed by atoms with E-state index in [1.807, 2.05) is 28.8 Å². The molecule has 1 aromatic heterocycles. The summed E-state index contributed by atoms with van der Waals surface area (Å²) in [5.41, 5.74) is 1.86. The fraction of sp³-hybridized carbons (Fsp3) is 0.630. The molecule has 1 aromatic carbocycles. The van der Waals surface area contributed by atoms with Gasteiger partial charge >= 0.3 is 5.97 Å². The monoisotopic (exact) mass is 480 g/mol. The molecule has 3 aliphatic rings. The molecule has 1 N–H and O–H groups in total. The van der Waals surface area contributed by atoms with Crippen LogP contribution in [0.2, 0.25) is 0 Å². The highest BCUT2D eigenvalue weighted by Crippen LogP contribution is 2.43. The summed E-state index contributed by atoms with van der Waals surface area (Å²) in [6.07, 6.45) is 12.2. The van der Waals surface area contributed by atoms with Crippen molar-refractivity contribution in [2.45, 2.75) is 101 Å². The van der Waals surface area contributed by atoms with Crippen LogP contribution in [0.3, 0.4) is 0 Å². The van der Waals surface area contributed by atoms with Crippen molar-refractivity contribution in [1.29, 1.82) is 0 Å². The molecule has 8 nitrogen and oxygen atoms in total. The minimum absolute atomic E-state index is 0.0903. The predicted molar refractivity (Wildman–Crippen MR) is 135 cm³/mol. The van der Waals surface area contributed by atoms with Crippen molar-refractivity contribution in [3.63, 3.8) is 0 Å². The van der Waals surface area contributed by atoms with Gasteiger partial charge in [0.1, 0.15) is 12.8 Å². The SMILES string of the molecule is CO/N=C(\CCC(=O)O)c1nc2ccccc2n([C@H]2C[C@H]3CCC[C@@H](C2)N3C2CCCCC2)c1=O. The van der Waals surface area contributed by atoms with Gasteiger partial charge in [-0.25, -0.2) is 4.98 Å². The first-order valence-corrected chi connectivity index (χ1v) is 13.2. The Bertz CT molecular complexity index is 1140. The molecule has 3 heterocycles. The Morgan fingerprint density at radius 1 is 1.00 bits per heavy atom. The van der Waals surface area contributed by atoms with Crippen LogP contribution in [-0.2, 0) is 9.63 Å². The maximum absolute atomic E-state index is 13.9. The summed E-state index contributed by atoms with van der Waals surface area (Å²) < 4.78 is 1.94. The van der Waals surface area contributed by atoms with Gasteiger partial charge in [-0.3, -0.25) is 14.5 Å². The van der Waals surface area contributed by atoms with Crippen LogP contribution in [-0.4, -0.2) is 56.5 Å². The molecule has 3 atom stereocenters. The van der Waals surface area contributed by atoms with Crippen LogP contribution in [0.1, 0.15) is 88.8 Å². The van der Waals surface area contributed by atoms with Crippen molar-refractivity contribution in [2.75, 3.05) is 7.11 Å². The van der Waals surface area contributed by atoms with E-state index >= 15 is 0 Å². The summed E-state index contributed by atoms with van der Waals surface area (Å²) in [6, 6.07) is 9.56. The maximum atomic E-state index is 13.9. The summed E-state index contributed by atoms with van der Waals surface area (Å²) in [5.74, 6) is -0.946. The van der Waals surface area contributed by atoms with Crippen molar-refractivity contribution in [1.82, 2.24) is 14.5 Å². The van der Waals surface area contributed by atoms with Crippen LogP contribution in [0.15, 0.2) is 34.2 Å². The van der Waals surface area contributed by atoms with Gasteiger partial charge in [0, 0.05) is 30.6 Å². The van der Waals surface area contributed by atoms with E-state index in [0.717, 1.165) is 23.9 Å². The summed E-state index contributed by atoms with van der Waals surface area (Å²) in [5, 5.41) is 13.2. The highest BCUT2D eigenvalue weighted by Gasteiger charge is 2.42. The lowest BCUT2D eigenvalue weighted by Gasteiger charge is -2.53. The third-order valence-corrected chi connectivity index (χ3v) is 8.21. The third-order valence-electron chi connectivity index (χ3n) is 8.21. The number of hydrogen-bond acceptors (Lipinski definition) is 6. The van der Waals surface area contributed by atoms with E-state index in [-0.39, 0.29) is 30.1 Å². The molecule has 5 rings (SSSR count). The molecule has 1 saturated carbocycles. The highest BCUT2D eigenvalue weighted by molar-refractivity contribution is 6.00. The maximum Gasteiger partial charge on any atom is 0.303 e. The minimum Gasteiger partial charge on any atom is -0.481 e. The first-order chi connectivity index (χ1) is 17.1. The van der Waals surface area contributed by atoms with Gasteiger partial charge < -0.3 is 14.5 Å². The number of benzene rings is 1. The lowest BCUT2D eigenvalue weighted by Crippen LogP contribution is -2.57. The zero-order chi connectivity index (χ0) is 24.4. The molecule has 1 aliphatic carbocycles. The number of aliphatic carboxylic acids is 1. The molecule has 2 aliphatic heterocycles. The van der Waals surface area contributed by atoms with Crippen LogP contribution < -0.4 is 5.56 Å². The molecule has 8 heteroatoms. The van der Waals surface area contributed by atoms with Crippen LogP contribution in [0.25, 0.3) is 11.0 Å². The lowest BCUT2D eigenvalue weighted by atomic mass is 9.78. The highest BCUT2D eigenvalue weighted by atomic mass is 16.6. The molecule has 0 spiro atoms. The molecule has 2 bridgehead atoms. The largest absolute Gasteiger partial charge is 0.481 e. The van der Waals surface area contributed by atoms with E-state index in [1.165, 1.54) is 58.5 Å². The van der Waals surface area contributed by atoms with E-state index in [4.69, 9.17) is 4.84 Å². The number of piperidine rings is 2. The lowest BCUT2D eigenvalue weighted by molar-refractivity contribution is -0.136. The van der Waals surface area contributed by atoms with Crippen molar-refractivity contribution in [3.05, 3.63) is 40.3 Å². The Morgan fingerprint density at radius 3 is 2.37 bits per heavy atom. The molecule has 2 saturated heterocycles. The number of para-hydroxylation sites is 2. The number of fused-ring (bicyclic) bond motifs is 3. The smallest absolute Gasteiger partial charge is 0.303 e. The molecule has 188 valence electrons. The van der Waals surface area contributed by atoms with Gasteiger partial charge in [0.25, 0.3) is 5.56 Å². The van der Waals surface area contributed by atoms with E-state index in [1.54, 1.807) is 0 Å². The fourth-order valence-electron chi connectivity index (χ4n) is 6.82. The number of oxime groups is 1. The van der Waals surface area contributed by atoms with Crippen LogP contribution in [0.4, 0.5) is 0 Å². The Morgan fingerprint density at radius 2 is 1.69 bits per heavy atom. The Balaban J connectivity index is 1.54. The van der Waals surface area contributed by atoms with Crippen LogP contribution in [0, 0.1) is 0 Å². The van der Waals surface area contributed by atoms with E-state index in [2.05, 4.69) is 15.0 Å². The first-order valence-electron chi connectivity index (χ1n) is 13.2. The Labute approximate surface area is 206 Å². The molecule has 0 radical (unpaired) electrons. The third kappa shape index (κ3) is 4.85. The normalized spacial score (nSPS) is 26.1. The molecule has 35 heavy (non-hydrogen) atoms. The summed E-state index contributed by atoms with van der Waals surface area (Å²) >= 11 is 0. The molecule has 3 fully saturated rings. The van der Waals surface area contributed by atoms with Crippen molar-refractivity contribution in [3.8, 4) is 0 Å². The summed E-state index contributed by atoms with van der Waals surface area (Å²) in [6.45, 7) is 0. The average molecular weight is 481 g/mol. The summed E-state index contributed by atoms with van der Waals surface area (Å²) in [7, 11) is 1.41. The minimum atomic E-state index is -0.946. The average Bonchev–Trinajstić information content (AvgIpc) is 2.86. The van der Waals surface area contributed by atoms with Crippen molar-refractivity contribution < 1.29 is 14.7 Å². The molecule has 2 aromatic rings. The van der Waals surface area contributed by atoms with Gasteiger partial charge in [-0.15, -0.1) is 0 Å². The molecular formula is C27H36N4O4. The standard InChI is InChI=1S/C27H36N4O4/c1-35-29-23(14-15-25(32)33)26-27(34)31(24-13-6-5-12-22(24)28-26)21-16-19-10-7-11-20(17-21)30(19)18-8-3-2-4-9-18/h5-6,12-13,18-21H,2-4,7-11,14-17H2,1H3,(H,32,33)/b29-23+/t19-,20+,21+. The number of nitrogens with zero attached hydrogens (tertiary/aromatic N) is 4. The fourth-order valence-corrected chi connectivity index (χ4v) is 6.82. The number of hydrogen-bond donors (Lipinski definition) is 1. The van der Waals surface area contributed by atoms with E-state index in [0.29, 0.717) is 23.8 Å². The molecule has 0 amide bonds. The quantitative estimate of drug-likeness (QED) is 0.463. The van der Waals surface area contributed by atoms with Crippen LogP contribution in [0.5, 0.6) is 0 Å². The Kier molecular flexibility index (Phi) is 7.18. The second-order valence-electron chi connectivity index (χ2n) is 10.3. The van der Waals surface area contributed by atoms with E-state index in [9.17, 15) is 14.7 Å². The van der Waals surface area contributed by atoms with Gasteiger partial charge in [0.2, 0.25) is 0 Å². The molecule has 0 unspecified atom stereocenters. The zero-order valence-electron chi connectivity index (χ0n) is 20.6. The second kappa shape index (κ2) is 10.5. The second-order valence-corrected chi connectivity index (χ2v) is 10.3. The van der Waals surface area contributed by atoms with Gasteiger partial charge in [0.15, 0.2) is 5.69 Å². The molecular weight excluding hydrogens is 444 g/mol. The topological polar surface area (TPSA) is 97.0 Å². The summed E-state index contributed by atoms with van der Waals surface area (Å²) in [4.78, 5) is 37.6. The van der Waals surface area contributed by atoms with Gasteiger partial charge in [-0.1, -0.05) is 43.0 Å². The number of rotatable bonds is 7. The zero-order valence-corrected chi connectivity index (χ0v) is 20.6. The predicted octanol–water partition coefficient (Wildman–Crippen LogP) is 4.50. The van der Waals surface area contributed by atoms with Crippen molar-refractivity contribution >= 4 is 22.7 Å². The first kappa shape index (κ1) is 24.0. The number of carboxylic acids is 1. The van der Waals surface area contributed by atoms with Gasteiger partial charge in [0.05, 0.1) is 17.5 Å². The van der Waals surface area contributed by atoms with Gasteiger partial charge in [-0.05, 0) is 50.7 Å². The number of carbonyl (C=O) groups is 1. The van der Waals surface area contributed by atoms with Crippen LogP contribution >= 0.6 is 0 Å².